The number of unbranched alkanes of at least 4 members (excludes halogenated alkanes) is 33. The summed E-state index contributed by atoms with van der Waals surface area (Å²) in [7, 11) is 0. The molecular weight excluding hydrogens is 839 g/mol. The van der Waals surface area contributed by atoms with Crippen LogP contribution in [0.15, 0.2) is 36.5 Å². The minimum Gasteiger partial charge on any atom is -0.394 e. The summed E-state index contributed by atoms with van der Waals surface area (Å²) >= 11 is 0. The third kappa shape index (κ3) is 37.9. The molecule has 6 N–H and O–H groups in total. The van der Waals surface area contributed by atoms with Gasteiger partial charge < -0.3 is 40.3 Å². The first-order valence-corrected chi connectivity index (χ1v) is 28.7. The molecule has 9 heteroatoms. The summed E-state index contributed by atoms with van der Waals surface area (Å²) in [6.45, 7) is 3.67. The van der Waals surface area contributed by atoms with E-state index in [9.17, 15) is 30.3 Å². The van der Waals surface area contributed by atoms with Gasteiger partial charge in [0.1, 0.15) is 24.4 Å². The fraction of sp³-hybridized carbons (Fsp3) is 0.879. The maximum Gasteiger partial charge on any atom is 0.220 e. The fourth-order valence-electron chi connectivity index (χ4n) is 9.17. The largest absolute Gasteiger partial charge is 0.394 e. The number of aliphatic hydroxyl groups excluding tert-OH is 5. The summed E-state index contributed by atoms with van der Waals surface area (Å²) in [6, 6.07) is -0.711. The molecule has 67 heavy (non-hydrogen) atoms. The van der Waals surface area contributed by atoms with Gasteiger partial charge in [-0.1, -0.05) is 249 Å². The van der Waals surface area contributed by atoms with E-state index < -0.39 is 49.5 Å². The van der Waals surface area contributed by atoms with Crippen LogP contribution < -0.4 is 5.32 Å². The first-order chi connectivity index (χ1) is 32.8. The number of hydrogen-bond donors (Lipinski definition) is 6. The topological polar surface area (TPSA) is 149 Å². The lowest BCUT2D eigenvalue weighted by molar-refractivity contribution is -0.302. The quantitative estimate of drug-likeness (QED) is 0.0261. The molecule has 9 nitrogen and oxygen atoms in total. The highest BCUT2D eigenvalue weighted by Gasteiger charge is 2.44. The van der Waals surface area contributed by atoms with Crippen molar-refractivity contribution < 1.29 is 39.8 Å². The van der Waals surface area contributed by atoms with Crippen molar-refractivity contribution in [3.8, 4) is 0 Å². The molecule has 0 aliphatic carbocycles. The van der Waals surface area contributed by atoms with Gasteiger partial charge in [-0.25, -0.2) is 0 Å². The van der Waals surface area contributed by atoms with E-state index in [1.165, 1.54) is 193 Å². The van der Waals surface area contributed by atoms with Gasteiger partial charge in [-0.3, -0.25) is 4.79 Å². The Morgan fingerprint density at radius 2 is 0.881 bits per heavy atom. The predicted molar refractivity (Wildman–Crippen MR) is 281 cm³/mol. The SMILES string of the molecule is CCCCCCC/C=C\C/C=C\C/C=C\CCCCCCCCCCCCCCCCCCCCCCCCCCCCC(=O)NC(COC1OC(CO)C(O)C(O)C1O)C(O)CCCCC. The lowest BCUT2D eigenvalue weighted by Gasteiger charge is -2.40. The summed E-state index contributed by atoms with van der Waals surface area (Å²) in [5.74, 6) is -0.152. The molecule has 1 amide bonds. The van der Waals surface area contributed by atoms with Crippen molar-refractivity contribution in [1.82, 2.24) is 5.32 Å². The molecular formula is C58H109NO8. The van der Waals surface area contributed by atoms with Crippen LogP contribution in [0.1, 0.15) is 271 Å². The van der Waals surface area contributed by atoms with Gasteiger partial charge in [-0.15, -0.1) is 0 Å². The number of nitrogens with one attached hydrogen (secondary N) is 1. The van der Waals surface area contributed by atoms with Gasteiger partial charge in [0.25, 0.3) is 0 Å². The molecule has 0 aromatic rings. The molecule has 394 valence electrons. The Hall–Kier alpha value is -1.59. The number of carbonyl (C=O) groups excluding carboxylic acids is 1. The molecule has 0 aromatic heterocycles. The summed E-state index contributed by atoms with van der Waals surface area (Å²) in [5, 5.41) is 53.7. The van der Waals surface area contributed by atoms with Crippen LogP contribution in [0.5, 0.6) is 0 Å². The second kappa shape index (κ2) is 48.1. The highest BCUT2D eigenvalue weighted by Crippen LogP contribution is 2.23. The molecule has 1 aliphatic rings. The van der Waals surface area contributed by atoms with Crippen LogP contribution in [0.3, 0.4) is 0 Å². The molecule has 0 radical (unpaired) electrons. The Morgan fingerprint density at radius 1 is 0.507 bits per heavy atom. The first kappa shape index (κ1) is 63.4. The van der Waals surface area contributed by atoms with Crippen molar-refractivity contribution in [1.29, 1.82) is 0 Å². The van der Waals surface area contributed by atoms with Crippen LogP contribution in [0.4, 0.5) is 0 Å². The Kier molecular flexibility index (Phi) is 45.5. The molecule has 7 atom stereocenters. The van der Waals surface area contributed by atoms with E-state index >= 15 is 0 Å². The minimum atomic E-state index is -1.55. The summed E-state index contributed by atoms with van der Waals surface area (Å²) < 4.78 is 11.1. The van der Waals surface area contributed by atoms with Gasteiger partial charge in [-0.05, 0) is 51.4 Å². The van der Waals surface area contributed by atoms with E-state index in [4.69, 9.17) is 9.47 Å². The number of ether oxygens (including phenoxy) is 2. The van der Waals surface area contributed by atoms with E-state index in [0.717, 1.165) is 51.4 Å². The molecule has 1 rings (SSSR count). The van der Waals surface area contributed by atoms with Gasteiger partial charge in [0.05, 0.1) is 25.4 Å². The maximum absolute atomic E-state index is 12.8. The normalized spacial score (nSPS) is 19.9. The zero-order chi connectivity index (χ0) is 48.7. The van der Waals surface area contributed by atoms with Crippen molar-refractivity contribution in [2.75, 3.05) is 13.2 Å². The van der Waals surface area contributed by atoms with Gasteiger partial charge in [0.2, 0.25) is 5.91 Å². The van der Waals surface area contributed by atoms with Crippen molar-refractivity contribution in [3.05, 3.63) is 36.5 Å². The number of hydrogen-bond acceptors (Lipinski definition) is 8. The van der Waals surface area contributed by atoms with Crippen molar-refractivity contribution >= 4 is 5.91 Å². The molecule has 0 aromatic carbocycles. The maximum atomic E-state index is 12.8. The third-order valence-electron chi connectivity index (χ3n) is 13.7. The average molecular weight is 949 g/mol. The van der Waals surface area contributed by atoms with Crippen LogP contribution in [0.25, 0.3) is 0 Å². The lowest BCUT2D eigenvalue weighted by atomic mass is 9.99. The van der Waals surface area contributed by atoms with Gasteiger partial charge in [-0.2, -0.15) is 0 Å². The first-order valence-electron chi connectivity index (χ1n) is 28.7. The molecule has 1 saturated heterocycles. The smallest absolute Gasteiger partial charge is 0.220 e. The number of allylic oxidation sites excluding steroid dienone is 6. The predicted octanol–water partition coefficient (Wildman–Crippen LogP) is 14.0. The summed E-state index contributed by atoms with van der Waals surface area (Å²) in [5.41, 5.74) is 0. The van der Waals surface area contributed by atoms with Crippen LogP contribution in [-0.4, -0.2) is 87.5 Å². The Balaban J connectivity index is 1.87. The number of rotatable bonds is 49. The minimum absolute atomic E-state index is 0.140. The highest BCUT2D eigenvalue weighted by molar-refractivity contribution is 5.76. The molecule has 1 fully saturated rings. The zero-order valence-corrected chi connectivity index (χ0v) is 43.7. The zero-order valence-electron chi connectivity index (χ0n) is 43.7. The van der Waals surface area contributed by atoms with E-state index in [1.54, 1.807) is 0 Å². The molecule has 1 heterocycles. The van der Waals surface area contributed by atoms with Crippen LogP contribution in [-0.2, 0) is 14.3 Å². The Morgan fingerprint density at radius 3 is 1.30 bits per heavy atom. The summed E-state index contributed by atoms with van der Waals surface area (Å²) in [4.78, 5) is 12.8. The van der Waals surface area contributed by atoms with Crippen LogP contribution in [0.2, 0.25) is 0 Å². The van der Waals surface area contributed by atoms with Crippen molar-refractivity contribution in [2.24, 2.45) is 0 Å². The van der Waals surface area contributed by atoms with Gasteiger partial charge >= 0.3 is 0 Å². The molecule has 0 saturated carbocycles. The number of amides is 1. The number of aliphatic hydroxyl groups is 5. The van der Waals surface area contributed by atoms with Crippen molar-refractivity contribution in [3.63, 3.8) is 0 Å². The Labute approximate surface area is 412 Å². The lowest BCUT2D eigenvalue weighted by Crippen LogP contribution is -2.60. The highest BCUT2D eigenvalue weighted by atomic mass is 16.7. The fourth-order valence-corrected chi connectivity index (χ4v) is 9.17. The second-order valence-corrected chi connectivity index (χ2v) is 20.1. The Bertz CT molecular complexity index is 1150. The summed E-state index contributed by atoms with van der Waals surface area (Å²) in [6.07, 6.45) is 56.1. The van der Waals surface area contributed by atoms with Crippen molar-refractivity contribution in [2.45, 2.75) is 314 Å². The molecule has 0 bridgehead atoms. The van der Waals surface area contributed by atoms with E-state index in [-0.39, 0.29) is 12.5 Å². The van der Waals surface area contributed by atoms with Crippen LogP contribution in [0, 0.1) is 0 Å². The standard InChI is InChI=1S/C58H109NO8/c1-3-5-7-8-9-10-11-12-13-14-15-16-17-18-19-20-21-22-23-24-25-26-27-28-29-30-31-32-33-34-35-36-37-38-39-40-41-42-43-44-46-48-54(62)59-51(52(61)47-45-6-4-2)50-66-58-57(65)56(64)55(63)53(49-60)67-58/h11-12,14-15,17-18,51-53,55-58,60-61,63-65H,3-10,13,16,19-50H2,1-2H3,(H,59,62)/b12-11-,15-14-,18-17-. The third-order valence-corrected chi connectivity index (χ3v) is 13.7. The molecule has 1 aliphatic heterocycles. The number of carbonyl (C=O) groups is 1. The second-order valence-electron chi connectivity index (χ2n) is 20.1. The van der Waals surface area contributed by atoms with E-state index in [1.807, 2.05) is 0 Å². The van der Waals surface area contributed by atoms with Gasteiger partial charge in [0.15, 0.2) is 6.29 Å². The molecule has 7 unspecified atom stereocenters. The average Bonchev–Trinajstić information content (AvgIpc) is 3.33. The monoisotopic (exact) mass is 948 g/mol. The molecule has 0 spiro atoms. The van der Waals surface area contributed by atoms with E-state index in [0.29, 0.717) is 12.8 Å². The van der Waals surface area contributed by atoms with E-state index in [2.05, 4.69) is 55.6 Å². The van der Waals surface area contributed by atoms with Gasteiger partial charge in [0, 0.05) is 6.42 Å². The van der Waals surface area contributed by atoms with Crippen LogP contribution >= 0.6 is 0 Å².